The van der Waals surface area contributed by atoms with Crippen LogP contribution in [0.1, 0.15) is 43.5 Å². The molecule has 0 atom stereocenters. The van der Waals surface area contributed by atoms with Crippen LogP contribution in [0.4, 0.5) is 0 Å². The Morgan fingerprint density at radius 3 is 2.78 bits per heavy atom. The van der Waals surface area contributed by atoms with E-state index in [9.17, 15) is 0 Å². The zero-order valence-corrected chi connectivity index (χ0v) is 14.4. The van der Waals surface area contributed by atoms with Crippen LogP contribution in [0.5, 0.6) is 5.75 Å². The number of nitrogens with zero attached hydrogens (tertiary/aromatic N) is 4. The Labute approximate surface area is 142 Å². The van der Waals surface area contributed by atoms with Crippen LogP contribution in [-0.4, -0.2) is 27.1 Å². The third-order valence-electron chi connectivity index (χ3n) is 4.59. The summed E-state index contributed by atoms with van der Waals surface area (Å²) in [4.78, 5) is 0. The van der Waals surface area contributed by atoms with Crippen LogP contribution in [0.15, 0.2) is 33.6 Å². The van der Waals surface area contributed by atoms with Crippen LogP contribution in [0.25, 0.3) is 10.9 Å². The van der Waals surface area contributed by atoms with Crippen LogP contribution < -0.4 is 4.74 Å². The molecule has 1 aliphatic carbocycles. The molecule has 23 heavy (non-hydrogen) atoms. The minimum absolute atomic E-state index is 0.382. The Morgan fingerprint density at radius 1 is 1.26 bits per heavy atom. The van der Waals surface area contributed by atoms with Gasteiger partial charge in [0, 0.05) is 23.6 Å². The second-order valence-corrected chi connectivity index (χ2v) is 6.79. The van der Waals surface area contributed by atoms with Gasteiger partial charge in [0.1, 0.15) is 5.75 Å². The van der Waals surface area contributed by atoms with Crippen LogP contribution in [-0.2, 0) is 0 Å². The zero-order chi connectivity index (χ0) is 15.8. The van der Waals surface area contributed by atoms with Gasteiger partial charge in [-0.25, -0.2) is 0 Å². The quantitative estimate of drug-likeness (QED) is 0.688. The first kappa shape index (κ1) is 14.7. The lowest BCUT2D eigenvalue weighted by Crippen LogP contribution is -2.17. The molecule has 2 aromatic heterocycles. The number of rotatable bonds is 3. The maximum absolute atomic E-state index is 5.34. The number of halogens is 1. The van der Waals surface area contributed by atoms with E-state index in [-0.39, 0.29) is 0 Å². The van der Waals surface area contributed by atoms with E-state index in [1.54, 1.807) is 7.11 Å². The molecule has 0 radical (unpaired) electrons. The van der Waals surface area contributed by atoms with Gasteiger partial charge in [-0.1, -0.05) is 0 Å². The first-order chi connectivity index (χ1) is 11.2. The third-order valence-corrected chi connectivity index (χ3v) is 5.21. The van der Waals surface area contributed by atoms with Crippen LogP contribution in [0.2, 0.25) is 0 Å². The number of ether oxygens (including phenoxy) is 1. The first-order valence-electron chi connectivity index (χ1n) is 7.73. The monoisotopic (exact) mass is 376 g/mol. The highest BCUT2D eigenvalue weighted by molar-refractivity contribution is 9.10. The van der Waals surface area contributed by atoms with Crippen molar-refractivity contribution in [2.24, 2.45) is 0 Å². The van der Waals surface area contributed by atoms with Gasteiger partial charge >= 0.3 is 0 Å². The van der Waals surface area contributed by atoms with E-state index in [4.69, 9.17) is 14.3 Å². The Balaban J connectivity index is 1.54. The van der Waals surface area contributed by atoms with Crippen LogP contribution in [0.3, 0.4) is 0 Å². The molecule has 120 valence electrons. The average molecular weight is 377 g/mol. The second-order valence-electron chi connectivity index (χ2n) is 5.94. The lowest BCUT2D eigenvalue weighted by atomic mass is 9.86. The second kappa shape index (κ2) is 5.96. The van der Waals surface area contributed by atoms with E-state index >= 15 is 0 Å². The van der Waals surface area contributed by atoms with Crippen molar-refractivity contribution in [1.29, 1.82) is 0 Å². The van der Waals surface area contributed by atoms with E-state index in [2.05, 4.69) is 43.1 Å². The highest BCUT2D eigenvalue weighted by atomic mass is 79.9. The van der Waals surface area contributed by atoms with Gasteiger partial charge in [0.05, 0.1) is 23.1 Å². The summed E-state index contributed by atoms with van der Waals surface area (Å²) in [5, 5.41) is 13.7. The smallest absolute Gasteiger partial charge is 0.219 e. The fourth-order valence-electron chi connectivity index (χ4n) is 3.33. The zero-order valence-electron chi connectivity index (χ0n) is 12.8. The number of aromatic nitrogens is 4. The number of fused-ring (bicyclic) bond motifs is 1. The molecule has 1 fully saturated rings. The van der Waals surface area contributed by atoms with Gasteiger partial charge in [0.15, 0.2) is 0 Å². The summed E-state index contributed by atoms with van der Waals surface area (Å²) in [7, 11) is 1.67. The summed E-state index contributed by atoms with van der Waals surface area (Å²) >= 11 is 3.53. The standard InChI is InChI=1S/C16H17BrN4O2/c1-22-15-7-14-11(6-13(15)17)8-21(20-14)12-4-2-10(3-5-12)16-19-18-9-23-16/h6-10,12H,2-5H2,1H3. The minimum Gasteiger partial charge on any atom is -0.495 e. The fraction of sp³-hybridized carbons (Fsp3) is 0.438. The van der Waals surface area contributed by atoms with Crippen molar-refractivity contribution in [1.82, 2.24) is 20.0 Å². The van der Waals surface area contributed by atoms with Crippen LogP contribution in [0, 0.1) is 0 Å². The number of hydrogen-bond donors (Lipinski definition) is 0. The SMILES string of the molecule is COc1cc2nn(C3CCC(c4nnco4)CC3)cc2cc1Br. The lowest BCUT2D eigenvalue weighted by Gasteiger charge is -2.26. The fourth-order valence-corrected chi connectivity index (χ4v) is 3.86. The molecular formula is C16H17BrN4O2. The molecule has 4 rings (SSSR count). The predicted octanol–water partition coefficient (Wildman–Crippen LogP) is 4.09. The largest absolute Gasteiger partial charge is 0.495 e. The first-order valence-corrected chi connectivity index (χ1v) is 8.52. The van der Waals surface area contributed by atoms with Gasteiger partial charge in [-0.15, -0.1) is 10.2 Å². The molecule has 0 bridgehead atoms. The maximum atomic E-state index is 5.34. The normalized spacial score (nSPS) is 21.7. The third kappa shape index (κ3) is 2.73. The summed E-state index contributed by atoms with van der Waals surface area (Å²) < 4.78 is 13.7. The van der Waals surface area contributed by atoms with Gasteiger partial charge in [0.2, 0.25) is 12.3 Å². The molecule has 1 aromatic carbocycles. The van der Waals surface area contributed by atoms with E-state index in [0.29, 0.717) is 12.0 Å². The maximum Gasteiger partial charge on any atom is 0.219 e. The highest BCUT2D eigenvalue weighted by Crippen LogP contribution is 2.38. The van der Waals surface area contributed by atoms with E-state index < -0.39 is 0 Å². The van der Waals surface area contributed by atoms with Gasteiger partial charge in [-0.2, -0.15) is 5.10 Å². The summed E-state index contributed by atoms with van der Waals surface area (Å²) in [5.41, 5.74) is 0.962. The Bertz CT molecular complexity index is 807. The molecule has 6 nitrogen and oxygen atoms in total. The Kier molecular flexibility index (Phi) is 3.80. The summed E-state index contributed by atoms with van der Waals surface area (Å²) in [6, 6.07) is 4.45. The van der Waals surface area contributed by atoms with Crippen molar-refractivity contribution in [2.75, 3.05) is 7.11 Å². The van der Waals surface area contributed by atoms with E-state index in [1.165, 1.54) is 6.39 Å². The summed E-state index contributed by atoms with van der Waals surface area (Å²) in [6.45, 7) is 0. The van der Waals surface area contributed by atoms with Crippen LogP contribution >= 0.6 is 15.9 Å². The van der Waals surface area contributed by atoms with Gasteiger partial charge in [0.25, 0.3) is 0 Å². The van der Waals surface area contributed by atoms with E-state index in [1.807, 2.05) is 6.07 Å². The molecule has 2 heterocycles. The molecule has 3 aromatic rings. The Hall–Kier alpha value is -1.89. The van der Waals surface area contributed by atoms with Gasteiger partial charge in [-0.3, -0.25) is 4.68 Å². The predicted molar refractivity (Wildman–Crippen MR) is 88.5 cm³/mol. The van der Waals surface area contributed by atoms with E-state index in [0.717, 1.165) is 52.7 Å². The van der Waals surface area contributed by atoms with Crippen molar-refractivity contribution < 1.29 is 9.15 Å². The highest BCUT2D eigenvalue weighted by Gasteiger charge is 2.27. The number of methoxy groups -OCH3 is 1. The average Bonchev–Trinajstić information content (AvgIpc) is 3.23. The number of hydrogen-bond acceptors (Lipinski definition) is 5. The molecule has 0 spiro atoms. The molecule has 0 unspecified atom stereocenters. The molecular weight excluding hydrogens is 360 g/mol. The van der Waals surface area contributed by atoms with Crippen molar-refractivity contribution >= 4 is 26.8 Å². The van der Waals surface area contributed by atoms with Crippen molar-refractivity contribution in [3.8, 4) is 5.75 Å². The Morgan fingerprint density at radius 2 is 2.09 bits per heavy atom. The molecule has 1 saturated carbocycles. The topological polar surface area (TPSA) is 66.0 Å². The molecule has 0 N–H and O–H groups in total. The minimum atomic E-state index is 0.382. The van der Waals surface area contributed by atoms with Crippen molar-refractivity contribution in [3.05, 3.63) is 35.1 Å². The molecule has 0 saturated heterocycles. The van der Waals surface area contributed by atoms with Crippen molar-refractivity contribution in [2.45, 2.75) is 37.6 Å². The van der Waals surface area contributed by atoms with Gasteiger partial charge < -0.3 is 9.15 Å². The molecule has 0 aliphatic heterocycles. The molecule has 7 heteroatoms. The van der Waals surface area contributed by atoms with Gasteiger partial charge in [-0.05, 0) is 47.7 Å². The molecule has 1 aliphatic rings. The summed E-state index contributed by atoms with van der Waals surface area (Å²) in [6.07, 6.45) is 7.77. The molecule has 0 amide bonds. The lowest BCUT2D eigenvalue weighted by molar-refractivity contribution is 0.279. The summed E-state index contributed by atoms with van der Waals surface area (Å²) in [5.74, 6) is 1.96. The number of benzene rings is 1. The van der Waals surface area contributed by atoms with Crippen molar-refractivity contribution in [3.63, 3.8) is 0 Å².